The summed E-state index contributed by atoms with van der Waals surface area (Å²) in [6.45, 7) is 1.76. The number of aryl methyl sites for hydroxylation is 1. The number of nitrogens with zero attached hydrogens (tertiary/aromatic N) is 3. The molecule has 0 bridgehead atoms. The van der Waals surface area contributed by atoms with Crippen LogP contribution in [0.3, 0.4) is 0 Å². The molecule has 1 amide bonds. The van der Waals surface area contributed by atoms with E-state index in [-0.39, 0.29) is 12.2 Å². The molecule has 0 saturated carbocycles. The molecule has 7 nitrogen and oxygen atoms in total. The van der Waals surface area contributed by atoms with Crippen LogP contribution in [0.15, 0.2) is 88.5 Å². The van der Waals surface area contributed by atoms with Crippen LogP contribution < -0.4 is 16.6 Å². The van der Waals surface area contributed by atoms with E-state index in [1.807, 2.05) is 19.1 Å². The summed E-state index contributed by atoms with van der Waals surface area (Å²) in [7, 11) is 0. The molecule has 4 rings (SSSR count). The summed E-state index contributed by atoms with van der Waals surface area (Å²) in [5, 5.41) is 6.53. The van der Waals surface area contributed by atoms with Gasteiger partial charge in [0.2, 0.25) is 5.69 Å². The van der Waals surface area contributed by atoms with Gasteiger partial charge in [-0.1, -0.05) is 54.6 Å². The molecule has 1 N–H and O–H groups in total. The Kier molecular flexibility index (Phi) is 5.76. The minimum Gasteiger partial charge on any atom is -0.320 e. The molecular formula is C24H19FN4O3. The summed E-state index contributed by atoms with van der Waals surface area (Å²) in [5.74, 6) is -1.51. The van der Waals surface area contributed by atoms with Gasteiger partial charge in [-0.2, -0.15) is 9.78 Å². The SMILES string of the molecule is Cc1ccccc1Cn1c(=O)c(C(=O)Nc2ccccc2)nn(-c2ccccc2F)c1=O. The van der Waals surface area contributed by atoms with Crippen LogP contribution in [-0.2, 0) is 6.54 Å². The Balaban J connectivity index is 1.89. The third-order valence-corrected chi connectivity index (χ3v) is 4.98. The van der Waals surface area contributed by atoms with Crippen molar-refractivity contribution < 1.29 is 9.18 Å². The van der Waals surface area contributed by atoms with Crippen LogP contribution in [-0.4, -0.2) is 20.3 Å². The van der Waals surface area contributed by atoms with E-state index in [1.54, 1.807) is 42.5 Å². The van der Waals surface area contributed by atoms with Gasteiger partial charge in [0.15, 0.2) is 0 Å². The molecular weight excluding hydrogens is 411 g/mol. The molecule has 0 radical (unpaired) electrons. The quantitative estimate of drug-likeness (QED) is 0.527. The normalized spacial score (nSPS) is 10.7. The zero-order valence-electron chi connectivity index (χ0n) is 17.2. The first kappa shape index (κ1) is 20.9. The second-order valence-corrected chi connectivity index (χ2v) is 7.13. The molecule has 1 aromatic heterocycles. The van der Waals surface area contributed by atoms with Crippen molar-refractivity contribution >= 4 is 11.6 Å². The fourth-order valence-electron chi connectivity index (χ4n) is 3.25. The molecule has 8 heteroatoms. The van der Waals surface area contributed by atoms with Gasteiger partial charge >= 0.3 is 5.69 Å². The lowest BCUT2D eigenvalue weighted by atomic mass is 10.1. The average molecular weight is 430 g/mol. The highest BCUT2D eigenvalue weighted by Gasteiger charge is 2.22. The fourth-order valence-corrected chi connectivity index (χ4v) is 3.25. The molecule has 160 valence electrons. The molecule has 0 fully saturated rings. The summed E-state index contributed by atoms with van der Waals surface area (Å²) in [5.41, 5.74) is -0.363. The van der Waals surface area contributed by atoms with E-state index in [2.05, 4.69) is 10.4 Å². The highest BCUT2D eigenvalue weighted by molar-refractivity contribution is 6.02. The monoisotopic (exact) mass is 430 g/mol. The Morgan fingerprint density at radius 2 is 1.59 bits per heavy atom. The molecule has 32 heavy (non-hydrogen) atoms. The number of carbonyl (C=O) groups is 1. The fraction of sp³-hybridized carbons (Fsp3) is 0.0833. The Morgan fingerprint density at radius 1 is 0.938 bits per heavy atom. The number of hydrogen-bond donors (Lipinski definition) is 1. The van der Waals surface area contributed by atoms with Crippen molar-refractivity contribution in [1.29, 1.82) is 0 Å². The lowest BCUT2D eigenvalue weighted by Crippen LogP contribution is -2.45. The van der Waals surface area contributed by atoms with Gasteiger partial charge in [0.25, 0.3) is 11.5 Å². The molecule has 4 aromatic rings. The van der Waals surface area contributed by atoms with Crippen LogP contribution in [0.4, 0.5) is 10.1 Å². The second kappa shape index (κ2) is 8.81. The number of rotatable bonds is 5. The van der Waals surface area contributed by atoms with E-state index in [0.717, 1.165) is 14.8 Å². The summed E-state index contributed by atoms with van der Waals surface area (Å²) in [6, 6.07) is 21.3. The third kappa shape index (κ3) is 4.11. The number of benzene rings is 3. The predicted octanol–water partition coefficient (Wildman–Crippen LogP) is 3.14. The van der Waals surface area contributed by atoms with Crippen LogP contribution in [0.5, 0.6) is 0 Å². The minimum absolute atomic E-state index is 0.0903. The Hall–Kier alpha value is -4.33. The van der Waals surface area contributed by atoms with E-state index < -0.39 is 28.7 Å². The molecule has 0 aliphatic rings. The maximum absolute atomic E-state index is 14.5. The summed E-state index contributed by atoms with van der Waals surface area (Å²) < 4.78 is 16.1. The summed E-state index contributed by atoms with van der Waals surface area (Å²) >= 11 is 0. The van der Waals surface area contributed by atoms with Gasteiger partial charge < -0.3 is 5.32 Å². The maximum atomic E-state index is 14.5. The van der Waals surface area contributed by atoms with Crippen molar-refractivity contribution in [3.8, 4) is 5.69 Å². The zero-order chi connectivity index (χ0) is 22.7. The molecule has 1 heterocycles. The number of para-hydroxylation sites is 2. The van der Waals surface area contributed by atoms with E-state index in [0.29, 0.717) is 11.3 Å². The number of amides is 1. The third-order valence-electron chi connectivity index (χ3n) is 4.98. The summed E-state index contributed by atoms with van der Waals surface area (Å²) in [6.07, 6.45) is 0. The van der Waals surface area contributed by atoms with Gasteiger partial charge in [0.1, 0.15) is 11.5 Å². The molecule has 0 unspecified atom stereocenters. The van der Waals surface area contributed by atoms with E-state index >= 15 is 0 Å². The van der Waals surface area contributed by atoms with E-state index in [1.165, 1.54) is 24.3 Å². The Labute approximate surface area is 182 Å². The molecule has 0 aliphatic carbocycles. The van der Waals surface area contributed by atoms with Crippen molar-refractivity contribution in [3.63, 3.8) is 0 Å². The maximum Gasteiger partial charge on any atom is 0.352 e. The zero-order valence-corrected chi connectivity index (χ0v) is 17.2. The number of nitrogens with one attached hydrogen (secondary N) is 1. The lowest BCUT2D eigenvalue weighted by Gasteiger charge is -2.13. The van der Waals surface area contributed by atoms with E-state index in [4.69, 9.17) is 0 Å². The van der Waals surface area contributed by atoms with Crippen molar-refractivity contribution in [3.05, 3.63) is 122 Å². The first-order valence-corrected chi connectivity index (χ1v) is 9.85. The van der Waals surface area contributed by atoms with Crippen molar-refractivity contribution in [1.82, 2.24) is 14.3 Å². The highest BCUT2D eigenvalue weighted by Crippen LogP contribution is 2.11. The van der Waals surface area contributed by atoms with Crippen molar-refractivity contribution in [2.24, 2.45) is 0 Å². The van der Waals surface area contributed by atoms with Gasteiger partial charge in [-0.3, -0.25) is 14.2 Å². The smallest absolute Gasteiger partial charge is 0.320 e. The van der Waals surface area contributed by atoms with Gasteiger partial charge in [-0.05, 0) is 42.3 Å². The van der Waals surface area contributed by atoms with Crippen LogP contribution in [0.2, 0.25) is 0 Å². The molecule has 0 aliphatic heterocycles. The predicted molar refractivity (Wildman–Crippen MR) is 119 cm³/mol. The number of carbonyl (C=O) groups excluding carboxylic acids is 1. The largest absolute Gasteiger partial charge is 0.352 e. The first-order valence-electron chi connectivity index (χ1n) is 9.85. The van der Waals surface area contributed by atoms with Crippen molar-refractivity contribution in [2.75, 3.05) is 5.32 Å². The van der Waals surface area contributed by atoms with Crippen LogP contribution >= 0.6 is 0 Å². The standard InChI is InChI=1S/C24H19FN4O3/c1-16-9-5-6-10-17(16)15-28-23(31)21(22(30)26-18-11-3-2-4-12-18)27-29(24(28)32)20-14-8-7-13-19(20)25/h2-14H,15H2,1H3,(H,26,30). The Morgan fingerprint density at radius 3 is 2.31 bits per heavy atom. The lowest BCUT2D eigenvalue weighted by molar-refractivity contribution is 0.101. The van der Waals surface area contributed by atoms with Crippen LogP contribution in [0, 0.1) is 12.7 Å². The number of anilines is 1. The minimum atomic E-state index is -0.862. The van der Waals surface area contributed by atoms with Gasteiger partial charge in [0.05, 0.1) is 6.54 Å². The molecule has 3 aromatic carbocycles. The van der Waals surface area contributed by atoms with Crippen LogP contribution in [0.25, 0.3) is 5.69 Å². The van der Waals surface area contributed by atoms with Gasteiger partial charge in [-0.15, -0.1) is 0 Å². The second-order valence-electron chi connectivity index (χ2n) is 7.13. The van der Waals surface area contributed by atoms with Gasteiger partial charge in [-0.25, -0.2) is 9.18 Å². The number of aromatic nitrogens is 3. The average Bonchev–Trinajstić information content (AvgIpc) is 2.79. The molecule has 0 atom stereocenters. The Bertz CT molecular complexity index is 1410. The highest BCUT2D eigenvalue weighted by atomic mass is 19.1. The summed E-state index contributed by atoms with van der Waals surface area (Å²) in [4.78, 5) is 39.2. The number of halogens is 1. The van der Waals surface area contributed by atoms with E-state index in [9.17, 15) is 18.8 Å². The van der Waals surface area contributed by atoms with Crippen molar-refractivity contribution in [2.45, 2.75) is 13.5 Å². The van der Waals surface area contributed by atoms with Gasteiger partial charge in [0, 0.05) is 5.69 Å². The first-order chi connectivity index (χ1) is 15.5. The molecule has 0 saturated heterocycles. The molecule has 0 spiro atoms. The van der Waals surface area contributed by atoms with Crippen LogP contribution in [0.1, 0.15) is 21.6 Å². The topological polar surface area (TPSA) is 86.0 Å². The number of hydrogen-bond acceptors (Lipinski definition) is 4.